The lowest BCUT2D eigenvalue weighted by atomic mass is 10.2. The van der Waals surface area contributed by atoms with Gasteiger partial charge in [-0.1, -0.05) is 18.5 Å². The van der Waals surface area contributed by atoms with Gasteiger partial charge in [-0.3, -0.25) is 0 Å². The maximum atomic E-state index is 6.29. The molecule has 20 heavy (non-hydrogen) atoms. The minimum Gasteiger partial charge on any atom is -0.490 e. The maximum absolute atomic E-state index is 6.29. The Morgan fingerprint density at radius 3 is 2.60 bits per heavy atom. The van der Waals surface area contributed by atoms with Crippen LogP contribution in [0, 0.1) is 0 Å². The molecule has 0 aliphatic carbocycles. The van der Waals surface area contributed by atoms with E-state index in [1.807, 2.05) is 19.1 Å². The number of rotatable bonds is 10. The predicted molar refractivity (Wildman–Crippen MR) is 82.0 cm³/mol. The smallest absolute Gasteiger partial charge is 0.179 e. The molecule has 1 rings (SSSR count). The van der Waals surface area contributed by atoms with Gasteiger partial charge in [0, 0.05) is 20.2 Å². The van der Waals surface area contributed by atoms with E-state index in [0.717, 1.165) is 25.1 Å². The second-order valence-corrected chi connectivity index (χ2v) is 4.76. The number of methoxy groups -OCH3 is 1. The molecule has 0 radical (unpaired) electrons. The summed E-state index contributed by atoms with van der Waals surface area (Å²) in [6, 6.07) is 3.88. The summed E-state index contributed by atoms with van der Waals surface area (Å²) in [6.45, 7) is 7.42. The van der Waals surface area contributed by atoms with Crippen LogP contribution in [0.1, 0.15) is 25.8 Å². The van der Waals surface area contributed by atoms with Crippen LogP contribution in [0.2, 0.25) is 5.02 Å². The van der Waals surface area contributed by atoms with Gasteiger partial charge in [0.05, 0.1) is 24.8 Å². The summed E-state index contributed by atoms with van der Waals surface area (Å²) in [5, 5.41) is 3.87. The Labute approximate surface area is 126 Å². The average molecular weight is 302 g/mol. The largest absolute Gasteiger partial charge is 0.490 e. The highest BCUT2D eigenvalue weighted by atomic mass is 35.5. The van der Waals surface area contributed by atoms with Crippen LogP contribution in [0.5, 0.6) is 11.5 Å². The number of halogens is 1. The van der Waals surface area contributed by atoms with Gasteiger partial charge in [-0.2, -0.15) is 0 Å². The van der Waals surface area contributed by atoms with E-state index in [2.05, 4.69) is 12.2 Å². The van der Waals surface area contributed by atoms with Crippen LogP contribution in [0.15, 0.2) is 12.1 Å². The molecule has 0 aromatic heterocycles. The molecule has 0 unspecified atom stereocenters. The SMILES string of the molecule is CCCOc1c(Cl)cc(CNCCOC)cc1OCC. The molecule has 0 fully saturated rings. The van der Waals surface area contributed by atoms with Crippen molar-refractivity contribution in [3.05, 3.63) is 22.7 Å². The number of hydrogen-bond acceptors (Lipinski definition) is 4. The van der Waals surface area contributed by atoms with E-state index in [1.54, 1.807) is 7.11 Å². The first-order chi connectivity index (χ1) is 9.72. The Morgan fingerprint density at radius 1 is 1.15 bits per heavy atom. The highest BCUT2D eigenvalue weighted by Crippen LogP contribution is 2.36. The van der Waals surface area contributed by atoms with E-state index in [0.29, 0.717) is 36.3 Å². The van der Waals surface area contributed by atoms with Crippen LogP contribution >= 0.6 is 11.6 Å². The lowest BCUT2D eigenvalue weighted by molar-refractivity contribution is 0.199. The van der Waals surface area contributed by atoms with Crippen molar-refractivity contribution in [3.63, 3.8) is 0 Å². The highest BCUT2D eigenvalue weighted by Gasteiger charge is 2.12. The first-order valence-electron chi connectivity index (χ1n) is 7.00. The van der Waals surface area contributed by atoms with Crippen molar-refractivity contribution in [1.29, 1.82) is 0 Å². The topological polar surface area (TPSA) is 39.7 Å². The number of benzene rings is 1. The molecule has 0 atom stereocenters. The molecule has 0 heterocycles. The van der Waals surface area contributed by atoms with E-state index in [9.17, 15) is 0 Å². The summed E-state index contributed by atoms with van der Waals surface area (Å²) in [6.07, 6.45) is 0.933. The summed E-state index contributed by atoms with van der Waals surface area (Å²) >= 11 is 6.29. The van der Waals surface area contributed by atoms with Crippen LogP contribution in [0.25, 0.3) is 0 Å². The molecule has 4 nitrogen and oxygen atoms in total. The first kappa shape index (κ1) is 17.1. The fraction of sp³-hybridized carbons (Fsp3) is 0.600. The third-order valence-corrected chi connectivity index (χ3v) is 2.91. The van der Waals surface area contributed by atoms with Crippen molar-refractivity contribution < 1.29 is 14.2 Å². The van der Waals surface area contributed by atoms with E-state index in [4.69, 9.17) is 25.8 Å². The van der Waals surface area contributed by atoms with Crippen molar-refractivity contribution in [1.82, 2.24) is 5.32 Å². The fourth-order valence-electron chi connectivity index (χ4n) is 1.74. The third-order valence-electron chi connectivity index (χ3n) is 2.63. The van der Waals surface area contributed by atoms with Gasteiger partial charge < -0.3 is 19.5 Å². The molecule has 0 amide bonds. The minimum atomic E-state index is 0.583. The molecular formula is C15H24ClNO3. The van der Waals surface area contributed by atoms with E-state index >= 15 is 0 Å². The maximum Gasteiger partial charge on any atom is 0.179 e. The molecule has 0 spiro atoms. The van der Waals surface area contributed by atoms with Crippen LogP contribution in [0.3, 0.4) is 0 Å². The molecule has 1 aromatic carbocycles. The molecule has 1 N–H and O–H groups in total. The molecule has 5 heteroatoms. The zero-order chi connectivity index (χ0) is 14.8. The normalized spacial score (nSPS) is 10.6. The molecule has 0 aliphatic rings. The van der Waals surface area contributed by atoms with Gasteiger partial charge >= 0.3 is 0 Å². The first-order valence-corrected chi connectivity index (χ1v) is 7.38. The molecule has 0 saturated carbocycles. The monoisotopic (exact) mass is 301 g/mol. The molecule has 114 valence electrons. The van der Waals surface area contributed by atoms with E-state index < -0.39 is 0 Å². The van der Waals surface area contributed by atoms with Crippen molar-refractivity contribution in [2.24, 2.45) is 0 Å². The molecule has 0 aliphatic heterocycles. The average Bonchev–Trinajstić information content (AvgIpc) is 2.43. The second-order valence-electron chi connectivity index (χ2n) is 4.36. The number of hydrogen-bond donors (Lipinski definition) is 1. The Balaban J connectivity index is 2.77. The lowest BCUT2D eigenvalue weighted by Gasteiger charge is -2.15. The molecular weight excluding hydrogens is 278 g/mol. The zero-order valence-electron chi connectivity index (χ0n) is 12.5. The quantitative estimate of drug-likeness (QED) is 0.673. The minimum absolute atomic E-state index is 0.583. The predicted octanol–water partition coefficient (Wildman–Crippen LogP) is 3.26. The van der Waals surface area contributed by atoms with Crippen molar-refractivity contribution in [3.8, 4) is 11.5 Å². The van der Waals surface area contributed by atoms with E-state index in [1.165, 1.54) is 0 Å². The van der Waals surface area contributed by atoms with Gasteiger partial charge in [0.25, 0.3) is 0 Å². The van der Waals surface area contributed by atoms with Crippen LogP contribution in [-0.2, 0) is 11.3 Å². The Morgan fingerprint density at radius 2 is 1.95 bits per heavy atom. The number of nitrogens with one attached hydrogen (secondary N) is 1. The zero-order valence-corrected chi connectivity index (χ0v) is 13.3. The highest BCUT2D eigenvalue weighted by molar-refractivity contribution is 6.32. The van der Waals surface area contributed by atoms with Crippen molar-refractivity contribution >= 4 is 11.6 Å². The molecule has 1 aromatic rings. The van der Waals surface area contributed by atoms with E-state index in [-0.39, 0.29) is 0 Å². The fourth-order valence-corrected chi connectivity index (χ4v) is 2.03. The van der Waals surface area contributed by atoms with Gasteiger partial charge in [0.2, 0.25) is 0 Å². The summed E-state index contributed by atoms with van der Waals surface area (Å²) in [4.78, 5) is 0. The van der Waals surface area contributed by atoms with Gasteiger partial charge in [-0.05, 0) is 31.0 Å². The van der Waals surface area contributed by atoms with Crippen molar-refractivity contribution in [2.45, 2.75) is 26.8 Å². The van der Waals surface area contributed by atoms with Gasteiger partial charge in [0.1, 0.15) is 0 Å². The second kappa shape index (κ2) is 9.86. The Bertz CT molecular complexity index is 399. The van der Waals surface area contributed by atoms with Gasteiger partial charge in [0.15, 0.2) is 11.5 Å². The summed E-state index contributed by atoms with van der Waals surface area (Å²) < 4.78 is 16.3. The van der Waals surface area contributed by atoms with Crippen LogP contribution in [0.4, 0.5) is 0 Å². The van der Waals surface area contributed by atoms with Gasteiger partial charge in [-0.15, -0.1) is 0 Å². The van der Waals surface area contributed by atoms with Crippen LogP contribution < -0.4 is 14.8 Å². The molecule has 0 bridgehead atoms. The summed E-state index contributed by atoms with van der Waals surface area (Å²) in [7, 11) is 1.69. The molecule has 0 saturated heterocycles. The summed E-state index contributed by atoms with van der Waals surface area (Å²) in [5.41, 5.74) is 1.07. The Hall–Kier alpha value is -0.970. The number of ether oxygens (including phenoxy) is 3. The Kier molecular flexibility index (Phi) is 8.42. The van der Waals surface area contributed by atoms with Gasteiger partial charge in [-0.25, -0.2) is 0 Å². The standard InChI is InChI=1S/C15H24ClNO3/c1-4-7-20-15-13(16)9-12(10-14(15)19-5-2)11-17-6-8-18-3/h9-10,17H,4-8,11H2,1-3H3. The summed E-state index contributed by atoms with van der Waals surface area (Å²) in [5.74, 6) is 1.34. The van der Waals surface area contributed by atoms with Crippen molar-refractivity contribution in [2.75, 3.05) is 33.5 Å². The lowest BCUT2D eigenvalue weighted by Crippen LogP contribution is -2.18. The van der Waals surface area contributed by atoms with Crippen LogP contribution in [-0.4, -0.2) is 33.5 Å². The third kappa shape index (κ3) is 5.57.